The third-order valence-electron chi connectivity index (χ3n) is 4.54. The predicted octanol–water partition coefficient (Wildman–Crippen LogP) is 2.48. The summed E-state index contributed by atoms with van der Waals surface area (Å²) in [6, 6.07) is 3.21. The van der Waals surface area contributed by atoms with Crippen molar-refractivity contribution in [3.63, 3.8) is 0 Å². The molecule has 0 aromatic carbocycles. The highest BCUT2D eigenvalue weighted by Gasteiger charge is 2.24. The molecule has 0 radical (unpaired) electrons. The normalized spacial score (nSPS) is 16.8. The number of hydrogen-bond donors (Lipinski definition) is 2. The lowest BCUT2D eigenvalue weighted by Crippen LogP contribution is -2.43. The van der Waals surface area contributed by atoms with Crippen LogP contribution in [0.15, 0.2) is 28.0 Å². The fourth-order valence-corrected chi connectivity index (χ4v) is 4.01. The van der Waals surface area contributed by atoms with Crippen molar-refractivity contribution in [2.24, 2.45) is 5.92 Å². The number of rotatable bonds is 7. The minimum Gasteiger partial charge on any atom is -0.467 e. The summed E-state index contributed by atoms with van der Waals surface area (Å²) < 4.78 is 7.48. The summed E-state index contributed by atoms with van der Waals surface area (Å²) in [6.45, 7) is 8.25. The summed E-state index contributed by atoms with van der Waals surface area (Å²) in [6.07, 6.45) is 3.96. The largest absolute Gasteiger partial charge is 0.467 e. The lowest BCUT2D eigenvalue weighted by atomic mass is 10.0. The molecule has 9 nitrogen and oxygen atoms in total. The number of aromatic nitrogens is 3. The second kappa shape index (κ2) is 9.82. The molecule has 1 saturated heterocycles. The average Bonchev–Trinajstić information content (AvgIpc) is 3.29. The summed E-state index contributed by atoms with van der Waals surface area (Å²) in [5.41, 5.74) is 0. The van der Waals surface area contributed by atoms with Gasteiger partial charge < -0.3 is 14.6 Å². The van der Waals surface area contributed by atoms with Crippen LogP contribution in [0.5, 0.6) is 0 Å². The number of furan rings is 1. The van der Waals surface area contributed by atoms with Gasteiger partial charge in [0.1, 0.15) is 5.76 Å². The minimum atomic E-state index is -0.495. The number of piperidine rings is 1. The second-order valence-electron chi connectivity index (χ2n) is 7.61. The Hall–Kier alpha value is -2.49. The highest BCUT2D eigenvalue weighted by atomic mass is 32.2. The second-order valence-corrected chi connectivity index (χ2v) is 8.55. The summed E-state index contributed by atoms with van der Waals surface area (Å²) in [5.74, 6) is 1.86. The molecular formula is C19H28N6O3S. The maximum Gasteiger partial charge on any atom is 0.321 e. The molecule has 10 heteroatoms. The van der Waals surface area contributed by atoms with Crippen molar-refractivity contribution in [1.29, 1.82) is 0 Å². The quantitative estimate of drug-likeness (QED) is 0.663. The molecule has 0 aliphatic carbocycles. The molecule has 2 N–H and O–H groups in total. The Kier molecular flexibility index (Phi) is 7.18. The molecule has 1 aliphatic rings. The Bertz CT molecular complexity index is 820. The lowest BCUT2D eigenvalue weighted by Gasteiger charge is -2.31. The number of imide groups is 1. The van der Waals surface area contributed by atoms with Gasteiger partial charge in [0, 0.05) is 19.1 Å². The van der Waals surface area contributed by atoms with Gasteiger partial charge in [-0.2, -0.15) is 0 Å². The highest BCUT2D eigenvalue weighted by Crippen LogP contribution is 2.27. The number of nitrogens with one attached hydrogen (secondary N) is 2. The van der Waals surface area contributed by atoms with E-state index in [9.17, 15) is 9.59 Å². The van der Waals surface area contributed by atoms with Crippen LogP contribution in [0.3, 0.4) is 0 Å². The third kappa shape index (κ3) is 5.99. The first-order valence-electron chi connectivity index (χ1n) is 9.86. The molecule has 3 heterocycles. The Morgan fingerprint density at radius 3 is 2.90 bits per heavy atom. The number of carbonyl (C=O) groups is 2. The van der Waals surface area contributed by atoms with Gasteiger partial charge in [0.2, 0.25) is 11.9 Å². The Morgan fingerprint density at radius 2 is 2.21 bits per heavy atom. The zero-order chi connectivity index (χ0) is 20.8. The molecule has 158 valence electrons. The van der Waals surface area contributed by atoms with Crippen LogP contribution in [-0.2, 0) is 11.3 Å². The number of amides is 3. The Labute approximate surface area is 174 Å². The lowest BCUT2D eigenvalue weighted by molar-refractivity contribution is -0.117. The van der Waals surface area contributed by atoms with Gasteiger partial charge in [0.05, 0.1) is 18.6 Å². The molecule has 29 heavy (non-hydrogen) atoms. The molecule has 0 spiro atoms. The van der Waals surface area contributed by atoms with E-state index in [0.717, 1.165) is 31.2 Å². The SMILES string of the molecule is CC1CCCN(c2nnc(SCC(=O)NC(=O)NC(C)C)n2Cc2ccco2)C1. The number of urea groups is 1. The first kappa shape index (κ1) is 21.2. The van der Waals surface area contributed by atoms with Gasteiger partial charge in [-0.15, -0.1) is 10.2 Å². The van der Waals surface area contributed by atoms with E-state index in [1.807, 2.05) is 30.5 Å². The first-order chi connectivity index (χ1) is 13.9. The molecule has 2 aromatic rings. The predicted molar refractivity (Wildman–Crippen MR) is 111 cm³/mol. The monoisotopic (exact) mass is 420 g/mol. The number of anilines is 1. The van der Waals surface area contributed by atoms with Gasteiger partial charge in [0.15, 0.2) is 5.16 Å². The number of thioether (sulfide) groups is 1. The van der Waals surface area contributed by atoms with E-state index in [1.54, 1.807) is 6.26 Å². The van der Waals surface area contributed by atoms with Crippen molar-refractivity contribution in [1.82, 2.24) is 25.4 Å². The topological polar surface area (TPSA) is 105 Å². The van der Waals surface area contributed by atoms with Crippen molar-refractivity contribution in [3.05, 3.63) is 24.2 Å². The van der Waals surface area contributed by atoms with E-state index in [4.69, 9.17) is 4.42 Å². The molecular weight excluding hydrogens is 392 g/mol. The van der Waals surface area contributed by atoms with Gasteiger partial charge in [-0.05, 0) is 44.7 Å². The fraction of sp³-hybridized carbons (Fsp3) is 0.579. The number of hydrogen-bond acceptors (Lipinski definition) is 7. The molecule has 1 unspecified atom stereocenters. The van der Waals surface area contributed by atoms with E-state index < -0.39 is 6.03 Å². The molecule has 1 fully saturated rings. The van der Waals surface area contributed by atoms with E-state index in [2.05, 4.69) is 32.7 Å². The van der Waals surface area contributed by atoms with Gasteiger partial charge in [-0.25, -0.2) is 4.79 Å². The molecule has 3 rings (SSSR count). The summed E-state index contributed by atoms with van der Waals surface area (Å²) in [4.78, 5) is 26.0. The zero-order valence-corrected chi connectivity index (χ0v) is 17.9. The van der Waals surface area contributed by atoms with E-state index in [0.29, 0.717) is 17.6 Å². The smallest absolute Gasteiger partial charge is 0.321 e. The van der Waals surface area contributed by atoms with Crippen LogP contribution in [0.2, 0.25) is 0 Å². The van der Waals surface area contributed by atoms with E-state index in [1.165, 1.54) is 18.2 Å². The maximum atomic E-state index is 12.1. The number of carbonyl (C=O) groups excluding carboxylic acids is 2. The van der Waals surface area contributed by atoms with Crippen LogP contribution in [0.4, 0.5) is 10.7 Å². The molecule has 0 bridgehead atoms. The van der Waals surface area contributed by atoms with Crippen LogP contribution in [-0.4, -0.2) is 51.6 Å². The molecule has 3 amide bonds. The van der Waals surface area contributed by atoms with E-state index >= 15 is 0 Å². The van der Waals surface area contributed by atoms with Gasteiger partial charge >= 0.3 is 6.03 Å². The van der Waals surface area contributed by atoms with Crippen molar-refractivity contribution in [2.75, 3.05) is 23.7 Å². The Balaban J connectivity index is 1.70. The third-order valence-corrected chi connectivity index (χ3v) is 5.50. The van der Waals surface area contributed by atoms with Crippen molar-refractivity contribution in [3.8, 4) is 0 Å². The highest BCUT2D eigenvalue weighted by molar-refractivity contribution is 7.99. The molecule has 0 saturated carbocycles. The van der Waals surface area contributed by atoms with Gasteiger partial charge in [-0.1, -0.05) is 18.7 Å². The average molecular weight is 421 g/mol. The van der Waals surface area contributed by atoms with Gasteiger partial charge in [0.25, 0.3) is 0 Å². The molecule has 1 atom stereocenters. The van der Waals surface area contributed by atoms with Crippen LogP contribution >= 0.6 is 11.8 Å². The van der Waals surface area contributed by atoms with Gasteiger partial charge in [-0.3, -0.25) is 14.7 Å². The maximum absolute atomic E-state index is 12.1. The van der Waals surface area contributed by atoms with Crippen LogP contribution < -0.4 is 15.5 Å². The van der Waals surface area contributed by atoms with Crippen LogP contribution in [0.25, 0.3) is 0 Å². The number of nitrogens with zero attached hydrogens (tertiary/aromatic N) is 4. The van der Waals surface area contributed by atoms with Crippen molar-refractivity contribution in [2.45, 2.75) is 51.4 Å². The zero-order valence-electron chi connectivity index (χ0n) is 17.1. The fourth-order valence-electron chi connectivity index (χ4n) is 3.28. The van der Waals surface area contributed by atoms with Crippen LogP contribution in [0.1, 0.15) is 39.4 Å². The first-order valence-corrected chi connectivity index (χ1v) is 10.8. The summed E-state index contributed by atoms with van der Waals surface area (Å²) in [5, 5.41) is 14.3. The molecule has 1 aliphatic heterocycles. The van der Waals surface area contributed by atoms with E-state index in [-0.39, 0.29) is 17.7 Å². The van der Waals surface area contributed by atoms with Crippen molar-refractivity contribution >= 4 is 29.6 Å². The molecule has 2 aromatic heterocycles. The summed E-state index contributed by atoms with van der Waals surface area (Å²) in [7, 11) is 0. The van der Waals surface area contributed by atoms with Crippen LogP contribution in [0, 0.1) is 5.92 Å². The minimum absolute atomic E-state index is 0.0404. The summed E-state index contributed by atoms with van der Waals surface area (Å²) >= 11 is 1.25. The Morgan fingerprint density at radius 1 is 1.38 bits per heavy atom. The van der Waals surface area contributed by atoms with Crippen molar-refractivity contribution < 1.29 is 14.0 Å². The standard InChI is InChI=1S/C19H28N6O3S/c1-13(2)20-17(27)21-16(26)12-29-19-23-22-18(24-8-4-6-14(3)10-24)25(19)11-15-7-5-9-28-15/h5,7,9,13-14H,4,6,8,10-12H2,1-3H3,(H2,20,21,26,27).